The molecule has 0 aliphatic heterocycles. The largest absolute Gasteiger partial charge is 0.459 e. The molecule has 1 aliphatic rings. The van der Waals surface area contributed by atoms with Gasteiger partial charge in [0.05, 0.1) is 5.25 Å². The van der Waals surface area contributed by atoms with Gasteiger partial charge in [-0.25, -0.2) is 13.2 Å². The molecule has 0 bridgehead atoms. The van der Waals surface area contributed by atoms with Gasteiger partial charge < -0.3 is 4.74 Å². The molecule has 0 aromatic rings. The Bertz CT molecular complexity index is 593. The first-order valence-electron chi connectivity index (χ1n) is 6.01. The van der Waals surface area contributed by atoms with E-state index in [0.29, 0.717) is 12.8 Å². The maximum atomic E-state index is 12.4. The zero-order chi connectivity index (χ0) is 16.3. The number of hydrogen-bond acceptors (Lipinski definition) is 7. The molecule has 0 aromatic carbocycles. The molecule has 0 radical (unpaired) electrons. The van der Waals surface area contributed by atoms with E-state index in [0.717, 1.165) is 13.1 Å². The standard InChI is InChI=1S/C10H16FNO7S2/c1-3-10(13)18-8-4-6-9(7-5-8)20(14,15)12(2)19-21(11,16)17/h3,8-9H,1,4-7H2,2H3. The van der Waals surface area contributed by atoms with Crippen LogP contribution >= 0.6 is 0 Å². The molecule has 11 heteroatoms. The Labute approximate surface area is 122 Å². The molecule has 0 atom stereocenters. The summed E-state index contributed by atoms with van der Waals surface area (Å²) in [5, 5.41) is -0.928. The minimum atomic E-state index is -5.41. The molecule has 0 heterocycles. The van der Waals surface area contributed by atoms with Gasteiger partial charge in [0.15, 0.2) is 0 Å². The Balaban J connectivity index is 2.64. The van der Waals surface area contributed by atoms with E-state index in [-0.39, 0.29) is 17.3 Å². The van der Waals surface area contributed by atoms with Gasteiger partial charge in [0.1, 0.15) is 6.10 Å². The summed E-state index contributed by atoms with van der Waals surface area (Å²) in [6.45, 7) is 3.25. The van der Waals surface area contributed by atoms with Gasteiger partial charge in [-0.2, -0.15) is 8.42 Å². The minimum Gasteiger partial charge on any atom is -0.459 e. The Morgan fingerprint density at radius 1 is 1.24 bits per heavy atom. The fourth-order valence-electron chi connectivity index (χ4n) is 2.04. The van der Waals surface area contributed by atoms with Crippen molar-refractivity contribution in [1.29, 1.82) is 0 Å². The number of esters is 1. The van der Waals surface area contributed by atoms with Crippen molar-refractivity contribution in [2.45, 2.75) is 37.0 Å². The van der Waals surface area contributed by atoms with Gasteiger partial charge >= 0.3 is 16.5 Å². The van der Waals surface area contributed by atoms with E-state index in [1.54, 1.807) is 0 Å². The molecular formula is C10H16FNO7S2. The van der Waals surface area contributed by atoms with Crippen LogP contribution in [0.5, 0.6) is 0 Å². The van der Waals surface area contributed by atoms with Crippen molar-refractivity contribution in [2.24, 2.45) is 0 Å². The fourth-order valence-corrected chi connectivity index (χ4v) is 4.13. The second kappa shape index (κ2) is 6.81. The third kappa shape index (κ3) is 5.34. The number of carbonyl (C=O) groups is 1. The van der Waals surface area contributed by atoms with Crippen molar-refractivity contribution in [1.82, 2.24) is 4.47 Å². The van der Waals surface area contributed by atoms with E-state index in [2.05, 4.69) is 10.9 Å². The average Bonchev–Trinajstić information content (AvgIpc) is 2.37. The van der Waals surface area contributed by atoms with Gasteiger partial charge in [0, 0.05) is 13.1 Å². The number of ether oxygens (including phenoxy) is 1. The number of rotatable bonds is 6. The molecule has 1 aliphatic carbocycles. The van der Waals surface area contributed by atoms with Crippen LogP contribution in [-0.2, 0) is 34.3 Å². The van der Waals surface area contributed by atoms with Crippen LogP contribution in [0.2, 0.25) is 0 Å². The maximum Gasteiger partial charge on any atom is 0.455 e. The van der Waals surface area contributed by atoms with Crippen molar-refractivity contribution in [3.63, 3.8) is 0 Å². The number of halogens is 1. The van der Waals surface area contributed by atoms with E-state index in [1.807, 2.05) is 0 Å². The Hall–Kier alpha value is -1.04. The lowest BCUT2D eigenvalue weighted by Gasteiger charge is -2.29. The molecule has 0 saturated heterocycles. The molecule has 122 valence electrons. The number of carbonyl (C=O) groups excluding carboxylic acids is 1. The highest BCUT2D eigenvalue weighted by atomic mass is 32.3. The summed E-state index contributed by atoms with van der Waals surface area (Å²) in [5.41, 5.74) is 0. The molecule has 0 aromatic heterocycles. The SMILES string of the molecule is C=CC(=O)OC1CCC(S(=O)(=O)N(C)OS(=O)(=O)F)CC1. The molecule has 0 amide bonds. The van der Waals surface area contributed by atoms with E-state index in [9.17, 15) is 25.5 Å². The molecular weight excluding hydrogens is 329 g/mol. The normalized spacial score (nSPS) is 23.8. The number of nitrogens with zero attached hydrogens (tertiary/aromatic N) is 1. The zero-order valence-corrected chi connectivity index (χ0v) is 12.9. The van der Waals surface area contributed by atoms with Crippen LogP contribution in [0.3, 0.4) is 0 Å². The summed E-state index contributed by atoms with van der Waals surface area (Å²) in [6.07, 6.45) is 1.45. The molecule has 1 rings (SSSR count). The Morgan fingerprint density at radius 2 is 1.76 bits per heavy atom. The van der Waals surface area contributed by atoms with Crippen molar-refractivity contribution in [3.05, 3.63) is 12.7 Å². The van der Waals surface area contributed by atoms with E-state index >= 15 is 0 Å². The summed E-state index contributed by atoms with van der Waals surface area (Å²) in [5.74, 6) is -0.592. The molecule has 1 fully saturated rings. The molecule has 0 unspecified atom stereocenters. The summed E-state index contributed by atoms with van der Waals surface area (Å²) in [4.78, 5) is 11.0. The third-order valence-corrected chi connectivity index (χ3v) is 5.65. The highest BCUT2D eigenvalue weighted by Crippen LogP contribution is 2.28. The van der Waals surface area contributed by atoms with E-state index in [1.165, 1.54) is 0 Å². The molecule has 21 heavy (non-hydrogen) atoms. The quantitative estimate of drug-likeness (QED) is 0.297. The van der Waals surface area contributed by atoms with Gasteiger partial charge in [-0.3, -0.25) is 0 Å². The van der Waals surface area contributed by atoms with Crippen LogP contribution < -0.4 is 0 Å². The molecule has 0 spiro atoms. The van der Waals surface area contributed by atoms with Gasteiger partial charge in [0.25, 0.3) is 0 Å². The van der Waals surface area contributed by atoms with Crippen molar-refractivity contribution in [3.8, 4) is 0 Å². The topological polar surface area (TPSA) is 107 Å². The zero-order valence-electron chi connectivity index (χ0n) is 11.3. The summed E-state index contributed by atoms with van der Waals surface area (Å²) < 4.78 is 65.7. The average molecular weight is 345 g/mol. The van der Waals surface area contributed by atoms with Crippen LogP contribution in [0, 0.1) is 0 Å². The van der Waals surface area contributed by atoms with Crippen molar-refractivity contribution in [2.75, 3.05) is 7.05 Å². The summed E-state index contributed by atoms with van der Waals surface area (Å²) in [7, 11) is -8.73. The van der Waals surface area contributed by atoms with E-state index < -0.39 is 37.9 Å². The maximum absolute atomic E-state index is 12.4. The number of hydrogen-bond donors (Lipinski definition) is 0. The second-order valence-corrected chi connectivity index (χ2v) is 7.61. The summed E-state index contributed by atoms with van der Waals surface area (Å²) >= 11 is 0. The summed E-state index contributed by atoms with van der Waals surface area (Å²) in [6, 6.07) is 0. The monoisotopic (exact) mass is 345 g/mol. The predicted molar refractivity (Wildman–Crippen MR) is 70.1 cm³/mol. The molecule has 0 N–H and O–H groups in total. The number of sulfonamides is 1. The lowest BCUT2D eigenvalue weighted by atomic mass is 9.97. The van der Waals surface area contributed by atoms with Crippen LogP contribution in [0.1, 0.15) is 25.7 Å². The Kier molecular flexibility index (Phi) is 5.84. The highest BCUT2D eigenvalue weighted by Gasteiger charge is 2.37. The van der Waals surface area contributed by atoms with Crippen LogP contribution in [-0.4, -0.2) is 45.7 Å². The van der Waals surface area contributed by atoms with Crippen LogP contribution in [0.4, 0.5) is 3.89 Å². The highest BCUT2D eigenvalue weighted by molar-refractivity contribution is 7.90. The van der Waals surface area contributed by atoms with Gasteiger partial charge in [0.2, 0.25) is 10.0 Å². The first kappa shape index (κ1) is 18.0. The predicted octanol–water partition coefficient (Wildman–Crippen LogP) is 0.434. The molecule has 8 nitrogen and oxygen atoms in total. The van der Waals surface area contributed by atoms with Crippen molar-refractivity contribution < 1.29 is 34.5 Å². The van der Waals surface area contributed by atoms with Gasteiger partial charge in [-0.15, -0.1) is 4.28 Å². The van der Waals surface area contributed by atoms with Crippen molar-refractivity contribution >= 4 is 26.5 Å². The minimum absolute atomic E-state index is 0.00305. The first-order chi connectivity index (χ1) is 9.56. The third-order valence-electron chi connectivity index (χ3n) is 3.04. The lowest BCUT2D eigenvalue weighted by Crippen LogP contribution is -2.40. The van der Waals surface area contributed by atoms with Gasteiger partial charge in [-0.05, 0) is 25.7 Å². The van der Waals surface area contributed by atoms with Crippen LogP contribution in [0.15, 0.2) is 12.7 Å². The smallest absolute Gasteiger partial charge is 0.455 e. The van der Waals surface area contributed by atoms with Crippen LogP contribution in [0.25, 0.3) is 0 Å². The fraction of sp³-hybridized carbons (Fsp3) is 0.700. The van der Waals surface area contributed by atoms with E-state index in [4.69, 9.17) is 4.74 Å². The Morgan fingerprint density at radius 3 is 2.19 bits per heavy atom. The second-order valence-electron chi connectivity index (χ2n) is 4.46. The molecule has 1 saturated carbocycles. The number of hydroxylamine groups is 1. The van der Waals surface area contributed by atoms with Gasteiger partial charge in [-0.1, -0.05) is 14.9 Å². The first-order valence-corrected chi connectivity index (χ1v) is 8.82. The lowest BCUT2D eigenvalue weighted by molar-refractivity contribution is -0.144.